The van der Waals surface area contributed by atoms with Crippen LogP contribution in [0.2, 0.25) is 0 Å². The fourth-order valence-corrected chi connectivity index (χ4v) is 1.70. The summed E-state index contributed by atoms with van der Waals surface area (Å²) in [5.74, 6) is 6.32. The van der Waals surface area contributed by atoms with E-state index in [0.717, 1.165) is 23.8 Å². The number of benzene rings is 1. The van der Waals surface area contributed by atoms with Crippen LogP contribution in [-0.2, 0) is 6.42 Å². The van der Waals surface area contributed by atoms with E-state index >= 15 is 0 Å². The first-order chi connectivity index (χ1) is 8.38. The lowest BCUT2D eigenvalue weighted by atomic mass is 10.1. The van der Waals surface area contributed by atoms with Crippen molar-refractivity contribution < 1.29 is 4.79 Å². The third-order valence-corrected chi connectivity index (χ3v) is 2.74. The smallest absolute Gasteiger partial charge is 0.150 e. The van der Waals surface area contributed by atoms with Gasteiger partial charge in [0.2, 0.25) is 0 Å². The van der Waals surface area contributed by atoms with E-state index in [1.807, 2.05) is 24.3 Å². The number of carbonyl (C=O) groups excluding carboxylic acids is 1. The summed E-state index contributed by atoms with van der Waals surface area (Å²) < 4.78 is 0. The molecule has 0 aliphatic carbocycles. The molecule has 0 amide bonds. The van der Waals surface area contributed by atoms with Crippen LogP contribution < -0.4 is 0 Å². The van der Waals surface area contributed by atoms with Crippen molar-refractivity contribution >= 4 is 6.29 Å². The minimum Gasteiger partial charge on any atom is -0.298 e. The normalized spacial score (nSPS) is 9.47. The van der Waals surface area contributed by atoms with Gasteiger partial charge in [0.05, 0.1) is 0 Å². The average molecular weight is 228 g/mol. The van der Waals surface area contributed by atoms with Crippen molar-refractivity contribution in [3.63, 3.8) is 0 Å². The Balaban J connectivity index is 2.34. The molecule has 0 spiro atoms. The highest BCUT2D eigenvalue weighted by atomic mass is 16.1. The molecule has 0 saturated heterocycles. The highest BCUT2D eigenvalue weighted by Crippen LogP contribution is 2.06. The SMILES string of the molecule is CCCCCCC#CCc1ccccc1C=O. The lowest BCUT2D eigenvalue weighted by molar-refractivity contribution is 0.112. The first kappa shape index (κ1) is 13.5. The van der Waals surface area contributed by atoms with Crippen LogP contribution in [0.1, 0.15) is 54.9 Å². The van der Waals surface area contributed by atoms with E-state index in [2.05, 4.69) is 18.8 Å². The van der Waals surface area contributed by atoms with Crippen LogP contribution in [0.25, 0.3) is 0 Å². The molecule has 90 valence electrons. The second-order valence-electron chi connectivity index (χ2n) is 4.16. The maximum atomic E-state index is 10.8. The number of aldehydes is 1. The fraction of sp³-hybridized carbons (Fsp3) is 0.438. The molecule has 17 heavy (non-hydrogen) atoms. The Morgan fingerprint density at radius 3 is 2.71 bits per heavy atom. The maximum Gasteiger partial charge on any atom is 0.150 e. The Hall–Kier alpha value is -1.55. The number of hydrogen-bond donors (Lipinski definition) is 0. The van der Waals surface area contributed by atoms with Crippen molar-refractivity contribution in [3.8, 4) is 11.8 Å². The molecule has 0 bridgehead atoms. The van der Waals surface area contributed by atoms with Gasteiger partial charge in [0.1, 0.15) is 6.29 Å². The minimum atomic E-state index is 0.683. The van der Waals surface area contributed by atoms with Gasteiger partial charge < -0.3 is 0 Å². The van der Waals surface area contributed by atoms with Gasteiger partial charge in [-0.25, -0.2) is 0 Å². The zero-order chi connectivity index (χ0) is 12.3. The first-order valence-electron chi connectivity index (χ1n) is 6.37. The van der Waals surface area contributed by atoms with Crippen LogP contribution in [0.3, 0.4) is 0 Å². The molecule has 0 heterocycles. The summed E-state index contributed by atoms with van der Waals surface area (Å²) in [7, 11) is 0. The standard InChI is InChI=1S/C16H20O/c1-2-3-4-5-6-7-8-11-15-12-9-10-13-16(15)14-17/h9-10,12-14H,2-6,11H2,1H3. The maximum absolute atomic E-state index is 10.8. The largest absolute Gasteiger partial charge is 0.298 e. The molecule has 0 unspecified atom stereocenters. The summed E-state index contributed by atoms with van der Waals surface area (Å²) in [6.45, 7) is 2.21. The summed E-state index contributed by atoms with van der Waals surface area (Å²) in [6, 6.07) is 7.64. The van der Waals surface area contributed by atoms with E-state index in [0.29, 0.717) is 6.42 Å². The molecule has 0 aliphatic rings. The van der Waals surface area contributed by atoms with Crippen molar-refractivity contribution in [3.05, 3.63) is 35.4 Å². The van der Waals surface area contributed by atoms with Crippen molar-refractivity contribution in [2.45, 2.75) is 45.4 Å². The molecule has 0 aromatic heterocycles. The molecule has 0 N–H and O–H groups in total. The van der Waals surface area contributed by atoms with Gasteiger partial charge in [0, 0.05) is 18.4 Å². The summed E-state index contributed by atoms with van der Waals surface area (Å²) in [5.41, 5.74) is 1.79. The van der Waals surface area contributed by atoms with Crippen LogP contribution in [0.5, 0.6) is 0 Å². The van der Waals surface area contributed by atoms with Crippen LogP contribution in [0, 0.1) is 11.8 Å². The Morgan fingerprint density at radius 2 is 1.94 bits per heavy atom. The van der Waals surface area contributed by atoms with Crippen molar-refractivity contribution in [2.24, 2.45) is 0 Å². The summed E-state index contributed by atoms with van der Waals surface area (Å²) in [6.07, 6.45) is 7.59. The van der Waals surface area contributed by atoms with Crippen LogP contribution in [-0.4, -0.2) is 6.29 Å². The Morgan fingerprint density at radius 1 is 1.12 bits per heavy atom. The van der Waals surface area contributed by atoms with Gasteiger partial charge in [0.15, 0.2) is 0 Å². The number of unbranched alkanes of at least 4 members (excludes halogenated alkanes) is 4. The molecule has 0 radical (unpaired) electrons. The molecule has 1 rings (SSSR count). The summed E-state index contributed by atoms with van der Waals surface area (Å²) in [4.78, 5) is 10.8. The molecular formula is C16H20O. The minimum absolute atomic E-state index is 0.683. The van der Waals surface area contributed by atoms with E-state index in [1.165, 1.54) is 25.7 Å². The Bertz CT molecular complexity index is 395. The van der Waals surface area contributed by atoms with E-state index in [1.54, 1.807) is 0 Å². The third kappa shape index (κ3) is 5.36. The van der Waals surface area contributed by atoms with E-state index in [-0.39, 0.29) is 0 Å². The van der Waals surface area contributed by atoms with Crippen molar-refractivity contribution in [2.75, 3.05) is 0 Å². The zero-order valence-corrected chi connectivity index (χ0v) is 10.5. The Kier molecular flexibility index (Phi) is 6.82. The van der Waals surface area contributed by atoms with Crippen molar-refractivity contribution in [1.29, 1.82) is 0 Å². The molecule has 1 heteroatoms. The number of carbonyl (C=O) groups is 1. The number of rotatable bonds is 6. The topological polar surface area (TPSA) is 17.1 Å². The predicted octanol–water partition coefficient (Wildman–Crippen LogP) is 4.02. The van der Waals surface area contributed by atoms with E-state index in [9.17, 15) is 4.79 Å². The monoisotopic (exact) mass is 228 g/mol. The van der Waals surface area contributed by atoms with Crippen molar-refractivity contribution in [1.82, 2.24) is 0 Å². The average Bonchev–Trinajstić information content (AvgIpc) is 2.38. The second kappa shape index (κ2) is 8.58. The van der Waals surface area contributed by atoms with Gasteiger partial charge in [-0.2, -0.15) is 0 Å². The molecule has 0 aliphatic heterocycles. The molecular weight excluding hydrogens is 208 g/mol. The lowest BCUT2D eigenvalue weighted by Crippen LogP contribution is -1.90. The van der Waals surface area contributed by atoms with Gasteiger partial charge in [0.25, 0.3) is 0 Å². The predicted molar refractivity (Wildman–Crippen MR) is 72.1 cm³/mol. The summed E-state index contributed by atoms with van der Waals surface area (Å²) in [5, 5.41) is 0. The summed E-state index contributed by atoms with van der Waals surface area (Å²) >= 11 is 0. The zero-order valence-electron chi connectivity index (χ0n) is 10.5. The molecule has 0 saturated carbocycles. The molecule has 0 atom stereocenters. The molecule has 1 nitrogen and oxygen atoms in total. The molecule has 1 aromatic carbocycles. The van der Waals surface area contributed by atoms with Crippen LogP contribution >= 0.6 is 0 Å². The molecule has 0 fully saturated rings. The lowest BCUT2D eigenvalue weighted by Gasteiger charge is -1.98. The van der Waals surface area contributed by atoms with Crippen LogP contribution in [0.15, 0.2) is 24.3 Å². The third-order valence-electron chi connectivity index (χ3n) is 2.74. The Labute approximate surface area is 104 Å². The highest BCUT2D eigenvalue weighted by Gasteiger charge is 1.96. The molecule has 1 aromatic rings. The van der Waals surface area contributed by atoms with Gasteiger partial charge in [-0.15, -0.1) is 5.92 Å². The highest BCUT2D eigenvalue weighted by molar-refractivity contribution is 5.77. The second-order valence-corrected chi connectivity index (χ2v) is 4.16. The van der Waals surface area contributed by atoms with Gasteiger partial charge in [-0.1, -0.05) is 56.4 Å². The van der Waals surface area contributed by atoms with Gasteiger partial charge in [-0.05, 0) is 12.0 Å². The van der Waals surface area contributed by atoms with Gasteiger partial charge >= 0.3 is 0 Å². The first-order valence-corrected chi connectivity index (χ1v) is 6.37. The van der Waals surface area contributed by atoms with E-state index in [4.69, 9.17) is 0 Å². The van der Waals surface area contributed by atoms with E-state index < -0.39 is 0 Å². The quantitative estimate of drug-likeness (QED) is 0.408. The van der Waals surface area contributed by atoms with Crippen LogP contribution in [0.4, 0.5) is 0 Å². The number of hydrogen-bond acceptors (Lipinski definition) is 1. The fourth-order valence-electron chi connectivity index (χ4n) is 1.70. The van der Waals surface area contributed by atoms with Gasteiger partial charge in [-0.3, -0.25) is 4.79 Å².